The van der Waals surface area contributed by atoms with Crippen molar-refractivity contribution in [2.75, 3.05) is 32.1 Å². The van der Waals surface area contributed by atoms with E-state index in [0.29, 0.717) is 30.4 Å². The molecular formula is C27H34N6O3. The molecule has 0 bridgehead atoms. The largest absolute Gasteiger partial charge is 0.460 e. The van der Waals surface area contributed by atoms with Crippen molar-refractivity contribution in [2.24, 2.45) is 5.92 Å². The number of ether oxygens (including phenoxy) is 2. The molecule has 1 aliphatic heterocycles. The minimum absolute atomic E-state index is 0.00427. The lowest BCUT2D eigenvalue weighted by molar-refractivity contribution is -0.134. The van der Waals surface area contributed by atoms with Crippen molar-refractivity contribution in [3.8, 4) is 17.4 Å². The number of hydrogen-bond acceptors (Lipinski definition) is 7. The van der Waals surface area contributed by atoms with Gasteiger partial charge in [0.05, 0.1) is 18.8 Å². The number of morpholine rings is 1. The van der Waals surface area contributed by atoms with Crippen LogP contribution in [-0.4, -0.2) is 76.2 Å². The van der Waals surface area contributed by atoms with E-state index < -0.39 is 0 Å². The van der Waals surface area contributed by atoms with Crippen LogP contribution in [0.5, 0.6) is 6.01 Å². The van der Waals surface area contributed by atoms with Crippen molar-refractivity contribution in [3.63, 3.8) is 0 Å². The molecule has 2 aliphatic carbocycles. The molecule has 0 unspecified atom stereocenters. The van der Waals surface area contributed by atoms with Gasteiger partial charge in [0, 0.05) is 49.2 Å². The van der Waals surface area contributed by atoms with Crippen molar-refractivity contribution in [1.29, 1.82) is 0 Å². The number of amides is 1. The summed E-state index contributed by atoms with van der Waals surface area (Å²) >= 11 is 0. The molecule has 2 saturated carbocycles. The second kappa shape index (κ2) is 9.69. The Kier molecular flexibility index (Phi) is 6.25. The molecule has 3 fully saturated rings. The summed E-state index contributed by atoms with van der Waals surface area (Å²) in [4.78, 5) is 34.1. The molecule has 1 N–H and O–H groups in total. The van der Waals surface area contributed by atoms with E-state index in [9.17, 15) is 4.79 Å². The molecule has 0 radical (unpaired) electrons. The summed E-state index contributed by atoms with van der Waals surface area (Å²) in [7, 11) is 3.65. The number of nitrogens with one attached hydrogen (secondary N) is 1. The molecule has 9 heteroatoms. The molecule has 2 atom stereocenters. The van der Waals surface area contributed by atoms with Gasteiger partial charge in [0.25, 0.3) is 0 Å². The van der Waals surface area contributed by atoms with Crippen LogP contribution < -0.4 is 9.64 Å². The van der Waals surface area contributed by atoms with Gasteiger partial charge in [0.1, 0.15) is 6.10 Å². The number of carbonyl (C=O) groups is 1. The predicted octanol–water partition coefficient (Wildman–Crippen LogP) is 3.80. The second-order valence-corrected chi connectivity index (χ2v) is 10.4. The van der Waals surface area contributed by atoms with E-state index in [1.165, 1.54) is 0 Å². The van der Waals surface area contributed by atoms with Crippen LogP contribution in [0.3, 0.4) is 0 Å². The first-order valence-corrected chi connectivity index (χ1v) is 13.1. The van der Waals surface area contributed by atoms with Gasteiger partial charge in [-0.05, 0) is 69.2 Å². The highest BCUT2D eigenvalue weighted by Gasteiger charge is 2.38. The van der Waals surface area contributed by atoms with Gasteiger partial charge < -0.3 is 24.3 Å². The van der Waals surface area contributed by atoms with Crippen LogP contribution in [0.2, 0.25) is 0 Å². The van der Waals surface area contributed by atoms with Gasteiger partial charge in [-0.15, -0.1) is 0 Å². The first kappa shape index (κ1) is 23.2. The molecule has 1 amide bonds. The van der Waals surface area contributed by atoms with Crippen LogP contribution in [0.4, 0.5) is 5.95 Å². The Balaban J connectivity index is 1.29. The Morgan fingerprint density at radius 3 is 2.78 bits per heavy atom. The molecule has 3 aromatic rings. The van der Waals surface area contributed by atoms with Gasteiger partial charge in [-0.1, -0.05) is 0 Å². The highest BCUT2D eigenvalue weighted by molar-refractivity contribution is 5.84. The van der Waals surface area contributed by atoms with Gasteiger partial charge in [-0.25, -0.2) is 0 Å². The van der Waals surface area contributed by atoms with Crippen LogP contribution in [0.25, 0.3) is 22.3 Å². The molecule has 36 heavy (non-hydrogen) atoms. The minimum atomic E-state index is -0.00427. The number of hydrogen-bond donors (Lipinski definition) is 1. The lowest BCUT2D eigenvalue weighted by Crippen LogP contribution is -2.49. The zero-order valence-corrected chi connectivity index (χ0v) is 21.0. The number of anilines is 1. The summed E-state index contributed by atoms with van der Waals surface area (Å²) in [5.41, 5.74) is 2.02. The predicted molar refractivity (Wildman–Crippen MR) is 137 cm³/mol. The zero-order valence-electron chi connectivity index (χ0n) is 21.0. The minimum Gasteiger partial charge on any atom is -0.460 e. The van der Waals surface area contributed by atoms with Gasteiger partial charge in [0.2, 0.25) is 11.9 Å². The van der Waals surface area contributed by atoms with Crippen molar-refractivity contribution in [2.45, 2.75) is 63.2 Å². The summed E-state index contributed by atoms with van der Waals surface area (Å²) in [5, 5.41) is 1.11. The monoisotopic (exact) mass is 490 g/mol. The number of aromatic amines is 1. The van der Waals surface area contributed by atoms with E-state index in [1.807, 2.05) is 26.4 Å². The fourth-order valence-electron chi connectivity index (χ4n) is 5.96. The fraction of sp³-hybridized carbons (Fsp3) is 0.556. The lowest BCUT2D eigenvalue weighted by atomic mass is 9.86. The molecule has 190 valence electrons. The number of benzene rings is 1. The molecule has 0 spiro atoms. The second-order valence-electron chi connectivity index (χ2n) is 10.4. The molecule has 3 heterocycles. The average molecular weight is 491 g/mol. The van der Waals surface area contributed by atoms with Crippen LogP contribution in [0.1, 0.15) is 44.9 Å². The number of rotatable bonds is 5. The maximum Gasteiger partial charge on any atom is 0.322 e. The quantitative estimate of drug-likeness (QED) is 0.581. The average Bonchev–Trinajstić information content (AvgIpc) is 3.57. The Hall–Kier alpha value is -3.20. The van der Waals surface area contributed by atoms with E-state index >= 15 is 0 Å². The highest BCUT2D eigenvalue weighted by atomic mass is 16.5. The van der Waals surface area contributed by atoms with E-state index in [1.54, 1.807) is 4.90 Å². The number of nitrogens with zero attached hydrogens (tertiary/aromatic N) is 5. The third kappa shape index (κ3) is 4.52. The molecule has 6 rings (SSSR count). The third-order valence-corrected chi connectivity index (χ3v) is 7.89. The maximum absolute atomic E-state index is 12.4. The summed E-state index contributed by atoms with van der Waals surface area (Å²) in [6.45, 7) is 1.44. The molecule has 1 aromatic carbocycles. The first-order valence-electron chi connectivity index (χ1n) is 13.1. The lowest BCUT2D eigenvalue weighted by Gasteiger charge is -2.37. The van der Waals surface area contributed by atoms with Gasteiger partial charge in [-0.2, -0.15) is 15.0 Å². The topological polar surface area (TPSA) is 96.5 Å². The number of H-pyrrole nitrogens is 1. The van der Waals surface area contributed by atoms with Gasteiger partial charge in [-0.3, -0.25) is 4.79 Å². The standard InChI is InChI=1S/C27H34N6O3/c1-32(2)25(34)17-6-9-20(10-7-17)36-27-30-24(19-8-11-21-18(16-19)12-13-28-21)29-26(31-27)33-14-15-35-23-5-3-4-22(23)33/h8,11-13,16-17,20,22-23,28H,3-7,9-10,14-15H2,1-2H3/t17?,20?,22-,23-/m1/s1. The molecule has 9 nitrogen and oxygen atoms in total. The van der Waals surface area contributed by atoms with Crippen molar-refractivity contribution >= 4 is 22.8 Å². The smallest absolute Gasteiger partial charge is 0.322 e. The first-order chi connectivity index (χ1) is 17.5. The Morgan fingerprint density at radius 1 is 1.08 bits per heavy atom. The molecular weight excluding hydrogens is 456 g/mol. The normalized spacial score (nSPS) is 26.1. The fourth-order valence-corrected chi connectivity index (χ4v) is 5.96. The van der Waals surface area contributed by atoms with E-state index in [0.717, 1.165) is 68.0 Å². The number of fused-ring (bicyclic) bond motifs is 2. The van der Waals surface area contributed by atoms with E-state index in [4.69, 9.17) is 24.4 Å². The number of carbonyl (C=O) groups excluding carboxylic acids is 1. The van der Waals surface area contributed by atoms with E-state index in [2.05, 4.69) is 28.1 Å². The third-order valence-electron chi connectivity index (χ3n) is 7.89. The Morgan fingerprint density at radius 2 is 1.94 bits per heavy atom. The van der Waals surface area contributed by atoms with Gasteiger partial charge in [0.15, 0.2) is 5.82 Å². The van der Waals surface area contributed by atoms with Crippen LogP contribution in [0.15, 0.2) is 30.5 Å². The van der Waals surface area contributed by atoms with Crippen molar-refractivity contribution in [1.82, 2.24) is 24.8 Å². The summed E-state index contributed by atoms with van der Waals surface area (Å²) in [5.74, 6) is 1.57. The molecule has 3 aliphatic rings. The summed E-state index contributed by atoms with van der Waals surface area (Å²) < 4.78 is 12.4. The van der Waals surface area contributed by atoms with Crippen molar-refractivity contribution in [3.05, 3.63) is 30.5 Å². The van der Waals surface area contributed by atoms with Gasteiger partial charge >= 0.3 is 6.01 Å². The SMILES string of the molecule is CN(C)C(=O)C1CCC(Oc2nc(-c3ccc4[nH]ccc4c3)nc(N3CCO[C@@H]4CCC[C@H]43)n2)CC1. The summed E-state index contributed by atoms with van der Waals surface area (Å²) in [6.07, 6.45) is 8.78. The number of aromatic nitrogens is 4. The van der Waals surface area contributed by atoms with Crippen LogP contribution in [0, 0.1) is 5.92 Å². The van der Waals surface area contributed by atoms with E-state index in [-0.39, 0.29) is 24.0 Å². The maximum atomic E-state index is 12.4. The summed E-state index contributed by atoms with van der Waals surface area (Å²) in [6, 6.07) is 8.91. The van der Waals surface area contributed by atoms with Crippen LogP contribution >= 0.6 is 0 Å². The molecule has 2 aromatic heterocycles. The van der Waals surface area contributed by atoms with Crippen molar-refractivity contribution < 1.29 is 14.3 Å². The Labute approximate surface area is 211 Å². The molecule has 1 saturated heterocycles. The zero-order chi connectivity index (χ0) is 24.6. The Bertz CT molecular complexity index is 1240. The highest BCUT2D eigenvalue weighted by Crippen LogP contribution is 2.34. The van der Waals surface area contributed by atoms with Crippen LogP contribution in [-0.2, 0) is 9.53 Å².